The first kappa shape index (κ1) is 16.5. The van der Waals surface area contributed by atoms with Crippen molar-refractivity contribution in [3.63, 3.8) is 0 Å². The highest BCUT2D eigenvalue weighted by molar-refractivity contribution is 5.83. The quantitative estimate of drug-likeness (QED) is 0.877. The van der Waals surface area contributed by atoms with E-state index in [1.54, 1.807) is 0 Å². The maximum Gasteiger partial charge on any atom is 0.303 e. The van der Waals surface area contributed by atoms with E-state index in [9.17, 15) is 9.59 Å². The van der Waals surface area contributed by atoms with Crippen LogP contribution in [-0.2, 0) is 9.59 Å². The third-order valence-corrected chi connectivity index (χ3v) is 4.51. The molecule has 0 saturated carbocycles. The van der Waals surface area contributed by atoms with Crippen molar-refractivity contribution in [2.45, 2.75) is 44.9 Å². The normalized spacial score (nSPS) is 19.7. The third kappa shape index (κ3) is 4.33. The van der Waals surface area contributed by atoms with Crippen LogP contribution in [0.15, 0.2) is 30.3 Å². The van der Waals surface area contributed by atoms with Crippen molar-refractivity contribution in [3.8, 4) is 0 Å². The molecule has 0 aliphatic carbocycles. The fourth-order valence-corrected chi connectivity index (χ4v) is 3.29. The van der Waals surface area contributed by atoms with E-state index < -0.39 is 5.97 Å². The molecule has 1 N–H and O–H groups in total. The summed E-state index contributed by atoms with van der Waals surface area (Å²) in [5.41, 5.74) is 1.07. The second-order valence-electron chi connectivity index (χ2n) is 6.10. The van der Waals surface area contributed by atoms with Crippen LogP contribution in [0.5, 0.6) is 0 Å². The first-order chi connectivity index (χ1) is 10.6. The largest absolute Gasteiger partial charge is 0.481 e. The lowest BCUT2D eigenvalue weighted by molar-refractivity contribution is -0.137. The maximum absolute atomic E-state index is 12.8. The standard InChI is InChI=1S/C18H25NO3/c1-2-16(15-8-4-3-5-9-15)18(22)19-12-6-7-14(13-19)10-11-17(20)21/h3-5,8-9,14,16H,2,6-7,10-13H2,1H3,(H,20,21)/t14-,16+/m1/s1. The van der Waals surface area contributed by atoms with Gasteiger partial charge in [-0.15, -0.1) is 0 Å². The van der Waals surface area contributed by atoms with Gasteiger partial charge in [0.25, 0.3) is 0 Å². The van der Waals surface area contributed by atoms with Gasteiger partial charge < -0.3 is 10.0 Å². The van der Waals surface area contributed by atoms with Gasteiger partial charge in [0, 0.05) is 19.5 Å². The zero-order valence-electron chi connectivity index (χ0n) is 13.2. The van der Waals surface area contributed by atoms with Crippen molar-refractivity contribution in [2.24, 2.45) is 5.92 Å². The predicted molar refractivity (Wildman–Crippen MR) is 85.6 cm³/mol. The number of aliphatic carboxylic acids is 1. The number of benzene rings is 1. The average molecular weight is 303 g/mol. The van der Waals surface area contributed by atoms with Gasteiger partial charge in [0.05, 0.1) is 5.92 Å². The van der Waals surface area contributed by atoms with Crippen molar-refractivity contribution in [2.75, 3.05) is 13.1 Å². The summed E-state index contributed by atoms with van der Waals surface area (Å²) in [5, 5.41) is 8.81. The second kappa shape index (κ2) is 7.97. The van der Waals surface area contributed by atoms with E-state index in [1.807, 2.05) is 42.2 Å². The Morgan fingerprint density at radius 1 is 1.32 bits per heavy atom. The Labute approximate surface area is 132 Å². The van der Waals surface area contributed by atoms with E-state index in [-0.39, 0.29) is 18.2 Å². The van der Waals surface area contributed by atoms with Crippen molar-refractivity contribution >= 4 is 11.9 Å². The van der Waals surface area contributed by atoms with Crippen LogP contribution < -0.4 is 0 Å². The minimum Gasteiger partial charge on any atom is -0.481 e. The molecule has 1 heterocycles. The fraction of sp³-hybridized carbons (Fsp3) is 0.556. The molecule has 0 unspecified atom stereocenters. The molecule has 0 aromatic heterocycles. The SMILES string of the molecule is CC[C@H](C(=O)N1CCC[C@H](CCC(=O)O)C1)c1ccccc1. The van der Waals surface area contributed by atoms with E-state index in [0.29, 0.717) is 18.9 Å². The van der Waals surface area contributed by atoms with Crippen LogP contribution in [-0.4, -0.2) is 35.0 Å². The Morgan fingerprint density at radius 2 is 2.05 bits per heavy atom. The van der Waals surface area contributed by atoms with Gasteiger partial charge in [-0.05, 0) is 37.2 Å². The number of amides is 1. The maximum atomic E-state index is 12.8. The number of carboxylic acid groups (broad SMARTS) is 1. The zero-order valence-corrected chi connectivity index (χ0v) is 13.2. The molecule has 2 rings (SSSR count). The molecule has 1 amide bonds. The minimum atomic E-state index is -0.751. The highest BCUT2D eigenvalue weighted by atomic mass is 16.4. The molecule has 2 atom stereocenters. The second-order valence-corrected chi connectivity index (χ2v) is 6.10. The summed E-state index contributed by atoms with van der Waals surface area (Å²) in [5.74, 6) is -0.325. The van der Waals surface area contributed by atoms with Gasteiger partial charge in [-0.3, -0.25) is 9.59 Å². The summed E-state index contributed by atoms with van der Waals surface area (Å²) in [6.07, 6.45) is 3.66. The summed E-state index contributed by atoms with van der Waals surface area (Å²) in [7, 11) is 0. The van der Waals surface area contributed by atoms with Crippen molar-refractivity contribution in [1.82, 2.24) is 4.90 Å². The van der Waals surface area contributed by atoms with Gasteiger partial charge in [0.15, 0.2) is 0 Å². The van der Waals surface area contributed by atoms with Gasteiger partial charge in [-0.1, -0.05) is 37.3 Å². The molecule has 0 spiro atoms. The minimum absolute atomic E-state index is 0.0839. The number of carbonyl (C=O) groups excluding carboxylic acids is 1. The highest BCUT2D eigenvalue weighted by Gasteiger charge is 2.28. The lowest BCUT2D eigenvalue weighted by Gasteiger charge is -2.35. The number of nitrogens with zero attached hydrogens (tertiary/aromatic N) is 1. The Bertz CT molecular complexity index is 500. The van der Waals surface area contributed by atoms with Gasteiger partial charge in [0.2, 0.25) is 5.91 Å². The summed E-state index contributed by atoms with van der Waals surface area (Å²) in [6, 6.07) is 9.92. The number of piperidine rings is 1. The fourth-order valence-electron chi connectivity index (χ4n) is 3.29. The summed E-state index contributed by atoms with van der Waals surface area (Å²) in [4.78, 5) is 25.5. The number of hydrogen-bond donors (Lipinski definition) is 1. The van der Waals surface area contributed by atoms with Crippen LogP contribution >= 0.6 is 0 Å². The summed E-state index contributed by atoms with van der Waals surface area (Å²) < 4.78 is 0. The molecule has 1 aromatic carbocycles. The van der Waals surface area contributed by atoms with Gasteiger partial charge in [0.1, 0.15) is 0 Å². The van der Waals surface area contributed by atoms with Crippen molar-refractivity contribution < 1.29 is 14.7 Å². The van der Waals surface area contributed by atoms with Crippen LogP contribution in [0.3, 0.4) is 0 Å². The predicted octanol–water partition coefficient (Wildman–Crippen LogP) is 3.28. The van der Waals surface area contributed by atoms with E-state index in [4.69, 9.17) is 5.11 Å². The molecule has 22 heavy (non-hydrogen) atoms. The van der Waals surface area contributed by atoms with E-state index in [1.165, 1.54) is 0 Å². The smallest absolute Gasteiger partial charge is 0.303 e. The van der Waals surface area contributed by atoms with Crippen molar-refractivity contribution in [3.05, 3.63) is 35.9 Å². The monoisotopic (exact) mass is 303 g/mol. The zero-order chi connectivity index (χ0) is 15.9. The van der Waals surface area contributed by atoms with Gasteiger partial charge in [-0.2, -0.15) is 0 Å². The van der Waals surface area contributed by atoms with E-state index in [2.05, 4.69) is 0 Å². The third-order valence-electron chi connectivity index (χ3n) is 4.51. The van der Waals surface area contributed by atoms with Crippen LogP contribution in [0, 0.1) is 5.92 Å². The molecular formula is C18H25NO3. The molecule has 0 radical (unpaired) electrons. The van der Waals surface area contributed by atoms with E-state index in [0.717, 1.165) is 31.4 Å². The Morgan fingerprint density at radius 3 is 2.68 bits per heavy atom. The lowest BCUT2D eigenvalue weighted by Crippen LogP contribution is -2.42. The molecule has 0 bridgehead atoms. The average Bonchev–Trinajstić information content (AvgIpc) is 2.55. The number of carboxylic acids is 1. The summed E-state index contributed by atoms with van der Waals surface area (Å²) in [6.45, 7) is 3.54. The number of carbonyl (C=O) groups is 2. The molecule has 1 aliphatic heterocycles. The van der Waals surface area contributed by atoms with Gasteiger partial charge in [-0.25, -0.2) is 0 Å². The van der Waals surface area contributed by atoms with Gasteiger partial charge >= 0.3 is 5.97 Å². The molecule has 4 nitrogen and oxygen atoms in total. The molecule has 1 aromatic rings. The molecule has 120 valence electrons. The summed E-state index contributed by atoms with van der Waals surface area (Å²) >= 11 is 0. The first-order valence-corrected chi connectivity index (χ1v) is 8.17. The number of rotatable bonds is 6. The first-order valence-electron chi connectivity index (χ1n) is 8.17. The highest BCUT2D eigenvalue weighted by Crippen LogP contribution is 2.27. The Kier molecular flexibility index (Phi) is 5.99. The Hall–Kier alpha value is -1.84. The number of likely N-dealkylation sites (tertiary alicyclic amines) is 1. The molecule has 4 heteroatoms. The van der Waals surface area contributed by atoms with Crippen LogP contribution in [0.4, 0.5) is 0 Å². The van der Waals surface area contributed by atoms with Crippen LogP contribution in [0.2, 0.25) is 0 Å². The topological polar surface area (TPSA) is 57.6 Å². The number of hydrogen-bond acceptors (Lipinski definition) is 2. The Balaban J connectivity index is 1.99. The van der Waals surface area contributed by atoms with Crippen molar-refractivity contribution in [1.29, 1.82) is 0 Å². The van der Waals surface area contributed by atoms with E-state index >= 15 is 0 Å². The molecule has 1 fully saturated rings. The van der Waals surface area contributed by atoms with Crippen LogP contribution in [0.1, 0.15) is 50.5 Å². The molecule has 1 aliphatic rings. The molecular weight excluding hydrogens is 278 g/mol. The molecule has 1 saturated heterocycles. The lowest BCUT2D eigenvalue weighted by atomic mass is 9.90. The van der Waals surface area contributed by atoms with Crippen LogP contribution in [0.25, 0.3) is 0 Å².